The first kappa shape index (κ1) is 14.9. The normalized spacial score (nSPS) is 13.9. The fourth-order valence-electron chi connectivity index (χ4n) is 2.52. The number of halogens is 2. The van der Waals surface area contributed by atoms with Gasteiger partial charge in [-0.1, -0.05) is 47.1 Å². The maximum Gasteiger partial charge on any atom is 0.194 e. The lowest BCUT2D eigenvalue weighted by Crippen LogP contribution is -2.30. The van der Waals surface area contributed by atoms with Crippen molar-refractivity contribution in [1.29, 1.82) is 0 Å². The summed E-state index contributed by atoms with van der Waals surface area (Å²) in [7, 11) is 0. The first-order valence-electron chi connectivity index (χ1n) is 7.03. The second-order valence-electron chi connectivity index (χ2n) is 5.18. The summed E-state index contributed by atoms with van der Waals surface area (Å²) in [4.78, 5) is 2.26. The van der Waals surface area contributed by atoms with Gasteiger partial charge in [-0.3, -0.25) is 4.57 Å². The third-order valence-electron chi connectivity index (χ3n) is 3.65. The van der Waals surface area contributed by atoms with Gasteiger partial charge < -0.3 is 4.90 Å². The molecule has 0 radical (unpaired) electrons. The summed E-state index contributed by atoms with van der Waals surface area (Å²) >= 11 is 13.7. The molecule has 0 saturated heterocycles. The highest BCUT2D eigenvalue weighted by atomic mass is 35.5. The van der Waals surface area contributed by atoms with Crippen molar-refractivity contribution in [2.45, 2.75) is 11.8 Å². The Bertz CT molecular complexity index is 848. The quantitative estimate of drug-likeness (QED) is 0.656. The van der Waals surface area contributed by atoms with Crippen LogP contribution >= 0.6 is 35.0 Å². The van der Waals surface area contributed by atoms with Crippen molar-refractivity contribution in [3.05, 3.63) is 58.6 Å². The van der Waals surface area contributed by atoms with Crippen LogP contribution in [0.4, 0.5) is 5.69 Å². The second kappa shape index (κ2) is 6.07. The van der Waals surface area contributed by atoms with Gasteiger partial charge in [0.1, 0.15) is 0 Å². The lowest BCUT2D eigenvalue weighted by Gasteiger charge is -2.29. The topological polar surface area (TPSA) is 34.0 Å². The Hall–Kier alpha value is -1.69. The highest BCUT2D eigenvalue weighted by Crippen LogP contribution is 2.32. The Balaban J connectivity index is 1.69. The second-order valence-corrected chi connectivity index (χ2v) is 6.96. The molecule has 0 spiro atoms. The molecule has 116 valence electrons. The van der Waals surface area contributed by atoms with Crippen molar-refractivity contribution >= 4 is 40.7 Å². The van der Waals surface area contributed by atoms with Crippen LogP contribution in [0.1, 0.15) is 0 Å². The maximum absolute atomic E-state index is 6.10. The lowest BCUT2D eigenvalue weighted by molar-refractivity contribution is 0.608. The zero-order valence-corrected chi connectivity index (χ0v) is 14.3. The number of anilines is 1. The number of benzene rings is 2. The molecule has 0 amide bonds. The molecule has 0 saturated carbocycles. The molecule has 1 aliphatic heterocycles. The van der Waals surface area contributed by atoms with Gasteiger partial charge in [0.2, 0.25) is 0 Å². The number of hydrogen-bond donors (Lipinski definition) is 0. The van der Waals surface area contributed by atoms with Crippen molar-refractivity contribution in [1.82, 2.24) is 14.8 Å². The van der Waals surface area contributed by atoms with Gasteiger partial charge in [0, 0.05) is 21.3 Å². The van der Waals surface area contributed by atoms with Gasteiger partial charge in [-0.25, -0.2) is 0 Å². The maximum atomic E-state index is 6.10. The first-order chi connectivity index (χ1) is 11.2. The third-order valence-corrected chi connectivity index (χ3v) is 5.14. The van der Waals surface area contributed by atoms with Crippen LogP contribution in [0.25, 0.3) is 11.4 Å². The summed E-state index contributed by atoms with van der Waals surface area (Å²) in [6.07, 6.45) is 0. The van der Waals surface area contributed by atoms with Crippen molar-refractivity contribution in [3.8, 4) is 11.4 Å². The summed E-state index contributed by atoms with van der Waals surface area (Å²) in [5.41, 5.74) is 2.09. The number of hydrogen-bond acceptors (Lipinski definition) is 4. The van der Waals surface area contributed by atoms with Gasteiger partial charge in [-0.15, -0.1) is 10.2 Å². The molecule has 2 aromatic carbocycles. The van der Waals surface area contributed by atoms with Crippen LogP contribution in [0.5, 0.6) is 0 Å². The van der Waals surface area contributed by atoms with E-state index >= 15 is 0 Å². The molecule has 0 aliphatic carbocycles. The van der Waals surface area contributed by atoms with Crippen molar-refractivity contribution in [2.75, 3.05) is 10.8 Å². The molecule has 0 atom stereocenters. The van der Waals surface area contributed by atoms with E-state index in [9.17, 15) is 0 Å². The van der Waals surface area contributed by atoms with Gasteiger partial charge in [-0.2, -0.15) is 0 Å². The molecule has 23 heavy (non-hydrogen) atoms. The van der Waals surface area contributed by atoms with E-state index in [0.29, 0.717) is 11.7 Å². The summed E-state index contributed by atoms with van der Waals surface area (Å²) in [5.74, 6) is 1.66. The average Bonchev–Trinajstić information content (AvgIpc) is 2.98. The Labute approximate surface area is 148 Å². The molecule has 4 nitrogen and oxygen atoms in total. The Kier molecular flexibility index (Phi) is 3.93. The van der Waals surface area contributed by atoms with Crippen LogP contribution in [0.15, 0.2) is 53.7 Å². The molecule has 1 aliphatic rings. The highest BCUT2D eigenvalue weighted by Gasteiger charge is 2.22. The van der Waals surface area contributed by atoms with E-state index in [0.717, 1.165) is 33.1 Å². The SMILES string of the molecule is Clc1ccc(N2CSc3nnc(-c4cccc(Cl)c4)n3C2)cc1. The highest BCUT2D eigenvalue weighted by molar-refractivity contribution is 7.99. The molecular weight excluding hydrogens is 351 g/mol. The zero-order chi connectivity index (χ0) is 15.8. The number of aromatic nitrogens is 3. The van der Waals surface area contributed by atoms with E-state index in [1.807, 2.05) is 48.5 Å². The summed E-state index contributed by atoms with van der Waals surface area (Å²) in [6.45, 7) is 0.693. The molecule has 2 heterocycles. The minimum atomic E-state index is 0.692. The van der Waals surface area contributed by atoms with Crippen LogP contribution < -0.4 is 4.90 Å². The minimum absolute atomic E-state index is 0.692. The molecule has 0 bridgehead atoms. The third kappa shape index (κ3) is 2.92. The van der Waals surface area contributed by atoms with E-state index in [2.05, 4.69) is 19.7 Å². The van der Waals surface area contributed by atoms with Gasteiger partial charge in [-0.05, 0) is 36.4 Å². The fourth-order valence-corrected chi connectivity index (χ4v) is 3.74. The van der Waals surface area contributed by atoms with Crippen LogP contribution in [0.3, 0.4) is 0 Å². The smallest absolute Gasteiger partial charge is 0.194 e. The van der Waals surface area contributed by atoms with Gasteiger partial charge in [0.05, 0.1) is 12.5 Å². The molecule has 0 fully saturated rings. The lowest BCUT2D eigenvalue weighted by atomic mass is 10.2. The summed E-state index contributed by atoms with van der Waals surface area (Å²) in [6, 6.07) is 15.5. The molecule has 7 heteroatoms. The standard InChI is InChI=1S/C16H12Cl2N4S/c17-12-4-6-14(7-5-12)21-9-22-15(19-20-16(22)23-10-21)11-2-1-3-13(18)8-11/h1-8H,9-10H2. The van der Waals surface area contributed by atoms with Crippen molar-refractivity contribution in [2.24, 2.45) is 0 Å². The van der Waals surface area contributed by atoms with Crippen LogP contribution in [-0.4, -0.2) is 20.6 Å². The van der Waals surface area contributed by atoms with E-state index < -0.39 is 0 Å². The zero-order valence-electron chi connectivity index (χ0n) is 12.0. The molecule has 0 unspecified atom stereocenters. The summed E-state index contributed by atoms with van der Waals surface area (Å²) < 4.78 is 2.11. The van der Waals surface area contributed by atoms with Crippen LogP contribution in [0.2, 0.25) is 10.0 Å². The molecule has 1 aromatic heterocycles. The fraction of sp³-hybridized carbons (Fsp3) is 0.125. The van der Waals surface area contributed by atoms with Gasteiger partial charge in [0.15, 0.2) is 11.0 Å². The van der Waals surface area contributed by atoms with E-state index in [1.165, 1.54) is 0 Å². The number of thioether (sulfide) groups is 1. The molecule has 3 aromatic rings. The summed E-state index contributed by atoms with van der Waals surface area (Å²) in [5, 5.41) is 11.0. The van der Waals surface area contributed by atoms with Gasteiger partial charge >= 0.3 is 0 Å². The van der Waals surface area contributed by atoms with E-state index in [1.54, 1.807) is 11.8 Å². The Morgan fingerprint density at radius 1 is 0.957 bits per heavy atom. The molecule has 0 N–H and O–H groups in total. The van der Waals surface area contributed by atoms with Crippen molar-refractivity contribution in [3.63, 3.8) is 0 Å². The predicted octanol–water partition coefficient (Wildman–Crippen LogP) is 4.78. The monoisotopic (exact) mass is 362 g/mol. The average molecular weight is 363 g/mol. The van der Waals surface area contributed by atoms with E-state index in [4.69, 9.17) is 23.2 Å². The number of fused-ring (bicyclic) bond motifs is 1. The number of nitrogens with zero attached hydrogens (tertiary/aromatic N) is 4. The van der Waals surface area contributed by atoms with Crippen molar-refractivity contribution < 1.29 is 0 Å². The number of rotatable bonds is 2. The van der Waals surface area contributed by atoms with Gasteiger partial charge in [0.25, 0.3) is 0 Å². The Morgan fingerprint density at radius 3 is 2.57 bits per heavy atom. The predicted molar refractivity (Wildman–Crippen MR) is 95.1 cm³/mol. The van der Waals surface area contributed by atoms with Crippen LogP contribution in [0, 0.1) is 0 Å². The largest absolute Gasteiger partial charge is 0.344 e. The van der Waals surface area contributed by atoms with Crippen LogP contribution in [-0.2, 0) is 6.67 Å². The minimum Gasteiger partial charge on any atom is -0.344 e. The Morgan fingerprint density at radius 2 is 1.78 bits per heavy atom. The molecular formula is C16H12Cl2N4S. The molecule has 4 rings (SSSR count). The van der Waals surface area contributed by atoms with E-state index in [-0.39, 0.29) is 0 Å². The first-order valence-corrected chi connectivity index (χ1v) is 8.77.